The summed E-state index contributed by atoms with van der Waals surface area (Å²) in [6.45, 7) is 2.16. The van der Waals surface area contributed by atoms with Gasteiger partial charge in [-0.25, -0.2) is 0 Å². The van der Waals surface area contributed by atoms with Crippen molar-refractivity contribution in [2.45, 2.75) is 19.4 Å². The molecule has 0 radical (unpaired) electrons. The van der Waals surface area contributed by atoms with Crippen LogP contribution in [-0.2, 0) is 6.42 Å². The molecule has 0 aliphatic heterocycles. The van der Waals surface area contributed by atoms with E-state index in [2.05, 4.69) is 48.0 Å². The lowest BCUT2D eigenvalue weighted by Crippen LogP contribution is -2.10. The smallest absolute Gasteiger partial charge is 0.0559 e. The molecule has 0 spiro atoms. The normalized spacial score (nSPS) is 11.9. The first-order chi connectivity index (χ1) is 7.31. The Morgan fingerprint density at radius 2 is 1.81 bits per heavy atom. The largest absolute Gasteiger partial charge is 0.320 e. The molecule has 0 bridgehead atoms. The van der Waals surface area contributed by atoms with Crippen molar-refractivity contribution in [1.82, 2.24) is 0 Å². The van der Waals surface area contributed by atoms with E-state index in [0.29, 0.717) is 0 Å². The van der Waals surface area contributed by atoms with Crippen molar-refractivity contribution in [3.05, 3.63) is 57.8 Å². The average molecular weight is 254 g/mol. The van der Waals surface area contributed by atoms with Crippen molar-refractivity contribution in [2.75, 3.05) is 0 Å². The van der Waals surface area contributed by atoms with Gasteiger partial charge in [-0.2, -0.15) is 11.3 Å². The first kappa shape index (κ1) is 13.2. The van der Waals surface area contributed by atoms with Gasteiger partial charge in [-0.1, -0.05) is 31.2 Å². The third kappa shape index (κ3) is 2.85. The predicted octanol–water partition coefficient (Wildman–Crippen LogP) is 3.78. The molecule has 0 aliphatic carbocycles. The maximum atomic E-state index is 6.16. The molecule has 3 heteroatoms. The minimum Gasteiger partial charge on any atom is -0.320 e. The van der Waals surface area contributed by atoms with Gasteiger partial charge in [-0.15, -0.1) is 12.4 Å². The van der Waals surface area contributed by atoms with E-state index < -0.39 is 0 Å². The van der Waals surface area contributed by atoms with Gasteiger partial charge >= 0.3 is 0 Å². The fourth-order valence-corrected chi connectivity index (χ4v) is 2.30. The molecule has 86 valence electrons. The molecular formula is C13H16ClNS. The van der Waals surface area contributed by atoms with Gasteiger partial charge in [0.2, 0.25) is 0 Å². The zero-order chi connectivity index (χ0) is 10.7. The Morgan fingerprint density at radius 1 is 1.12 bits per heavy atom. The van der Waals surface area contributed by atoms with E-state index in [1.54, 1.807) is 11.3 Å². The Balaban J connectivity index is 0.00000128. The van der Waals surface area contributed by atoms with Crippen LogP contribution in [0.4, 0.5) is 0 Å². The van der Waals surface area contributed by atoms with Crippen LogP contribution < -0.4 is 5.73 Å². The van der Waals surface area contributed by atoms with E-state index in [-0.39, 0.29) is 18.4 Å². The van der Waals surface area contributed by atoms with Crippen LogP contribution in [0, 0.1) is 0 Å². The van der Waals surface area contributed by atoms with E-state index in [1.165, 1.54) is 16.7 Å². The Kier molecular flexibility index (Phi) is 5.00. The molecule has 2 rings (SSSR count). The fraction of sp³-hybridized carbons (Fsp3) is 0.231. The lowest BCUT2D eigenvalue weighted by molar-refractivity contribution is 0.875. The molecule has 0 fully saturated rings. The first-order valence-electron chi connectivity index (χ1n) is 5.17. The molecule has 16 heavy (non-hydrogen) atoms. The van der Waals surface area contributed by atoms with Crippen LogP contribution in [0.5, 0.6) is 0 Å². The Hall–Kier alpha value is -0.830. The van der Waals surface area contributed by atoms with Crippen LogP contribution in [0.25, 0.3) is 0 Å². The molecule has 0 aliphatic rings. The molecular weight excluding hydrogens is 238 g/mol. The SMILES string of the molecule is CCc1ccc([C@H](N)c2ccsc2)cc1.Cl. The Labute approximate surface area is 107 Å². The maximum Gasteiger partial charge on any atom is 0.0559 e. The van der Waals surface area contributed by atoms with Gasteiger partial charge in [0.05, 0.1) is 6.04 Å². The van der Waals surface area contributed by atoms with Crippen LogP contribution in [0.2, 0.25) is 0 Å². The maximum absolute atomic E-state index is 6.16. The minimum absolute atomic E-state index is 0. The quantitative estimate of drug-likeness (QED) is 0.885. The zero-order valence-electron chi connectivity index (χ0n) is 9.22. The lowest BCUT2D eigenvalue weighted by Gasteiger charge is -2.10. The van der Waals surface area contributed by atoms with Crippen LogP contribution in [-0.4, -0.2) is 0 Å². The molecule has 1 nitrogen and oxygen atoms in total. The second-order valence-electron chi connectivity index (χ2n) is 3.63. The van der Waals surface area contributed by atoms with Gasteiger partial charge in [0, 0.05) is 0 Å². The summed E-state index contributed by atoms with van der Waals surface area (Å²) in [5.74, 6) is 0. The summed E-state index contributed by atoms with van der Waals surface area (Å²) in [4.78, 5) is 0. The summed E-state index contributed by atoms with van der Waals surface area (Å²) in [5.41, 5.74) is 9.90. The highest BCUT2D eigenvalue weighted by Crippen LogP contribution is 2.21. The summed E-state index contributed by atoms with van der Waals surface area (Å²) in [7, 11) is 0. The predicted molar refractivity (Wildman–Crippen MR) is 73.4 cm³/mol. The summed E-state index contributed by atoms with van der Waals surface area (Å²) in [5, 5.41) is 4.17. The van der Waals surface area contributed by atoms with Crippen molar-refractivity contribution in [1.29, 1.82) is 0 Å². The van der Waals surface area contributed by atoms with E-state index in [9.17, 15) is 0 Å². The minimum atomic E-state index is 0. The molecule has 0 unspecified atom stereocenters. The topological polar surface area (TPSA) is 26.0 Å². The van der Waals surface area contributed by atoms with E-state index in [1.807, 2.05) is 0 Å². The number of hydrogen-bond donors (Lipinski definition) is 1. The molecule has 1 aromatic carbocycles. The molecule has 0 saturated heterocycles. The molecule has 2 N–H and O–H groups in total. The van der Waals surface area contributed by atoms with Crippen LogP contribution in [0.1, 0.15) is 29.7 Å². The van der Waals surface area contributed by atoms with Crippen molar-refractivity contribution >= 4 is 23.7 Å². The van der Waals surface area contributed by atoms with Crippen molar-refractivity contribution < 1.29 is 0 Å². The van der Waals surface area contributed by atoms with E-state index in [4.69, 9.17) is 5.73 Å². The highest BCUT2D eigenvalue weighted by Gasteiger charge is 2.08. The molecule has 0 amide bonds. The van der Waals surface area contributed by atoms with Gasteiger partial charge in [0.25, 0.3) is 0 Å². The van der Waals surface area contributed by atoms with Crippen LogP contribution >= 0.6 is 23.7 Å². The number of aryl methyl sites for hydroxylation is 1. The number of nitrogens with two attached hydrogens (primary N) is 1. The van der Waals surface area contributed by atoms with Crippen molar-refractivity contribution in [3.63, 3.8) is 0 Å². The molecule has 1 aromatic heterocycles. The van der Waals surface area contributed by atoms with Gasteiger partial charge in [0.1, 0.15) is 0 Å². The highest BCUT2D eigenvalue weighted by molar-refractivity contribution is 7.08. The number of hydrogen-bond acceptors (Lipinski definition) is 2. The van der Waals surface area contributed by atoms with Gasteiger partial charge in [0.15, 0.2) is 0 Å². The van der Waals surface area contributed by atoms with Gasteiger partial charge in [-0.05, 0) is 39.9 Å². The second-order valence-corrected chi connectivity index (χ2v) is 4.41. The van der Waals surface area contributed by atoms with Crippen molar-refractivity contribution in [3.8, 4) is 0 Å². The fourth-order valence-electron chi connectivity index (χ4n) is 1.61. The summed E-state index contributed by atoms with van der Waals surface area (Å²) >= 11 is 1.69. The van der Waals surface area contributed by atoms with Crippen LogP contribution in [0.15, 0.2) is 41.1 Å². The monoisotopic (exact) mass is 253 g/mol. The lowest BCUT2D eigenvalue weighted by atomic mass is 10.0. The number of benzene rings is 1. The summed E-state index contributed by atoms with van der Waals surface area (Å²) < 4.78 is 0. The number of rotatable bonds is 3. The Bertz CT molecular complexity index is 408. The molecule has 2 aromatic rings. The van der Waals surface area contributed by atoms with Crippen LogP contribution in [0.3, 0.4) is 0 Å². The third-order valence-corrected chi connectivity index (χ3v) is 3.35. The van der Waals surface area contributed by atoms with Gasteiger partial charge < -0.3 is 5.73 Å². The van der Waals surface area contributed by atoms with Crippen molar-refractivity contribution in [2.24, 2.45) is 5.73 Å². The zero-order valence-corrected chi connectivity index (χ0v) is 10.9. The molecule has 0 saturated carbocycles. The molecule has 1 heterocycles. The highest BCUT2D eigenvalue weighted by atomic mass is 35.5. The standard InChI is InChI=1S/C13H15NS.ClH/c1-2-10-3-5-11(6-4-10)13(14)12-7-8-15-9-12;/h3-9,13H,2,14H2,1H3;1H/t13-;/m0./s1. The summed E-state index contributed by atoms with van der Waals surface area (Å²) in [6.07, 6.45) is 1.08. The first-order valence-corrected chi connectivity index (χ1v) is 6.12. The van der Waals surface area contributed by atoms with E-state index >= 15 is 0 Å². The number of thiophene rings is 1. The van der Waals surface area contributed by atoms with Gasteiger partial charge in [-0.3, -0.25) is 0 Å². The third-order valence-electron chi connectivity index (χ3n) is 2.65. The molecule has 1 atom stereocenters. The average Bonchev–Trinajstić information content (AvgIpc) is 2.82. The summed E-state index contributed by atoms with van der Waals surface area (Å²) in [6, 6.07) is 10.7. The Morgan fingerprint density at radius 3 is 2.31 bits per heavy atom. The second kappa shape index (κ2) is 6.04. The number of halogens is 1. The van der Waals surface area contributed by atoms with E-state index in [0.717, 1.165) is 6.42 Å².